The standard InChI is InChI=1S/CH4ClN2P/c2-5-1(3)4/h5H,(H3,3,4). The molecule has 2 nitrogen and oxygen atoms in total. The van der Waals surface area contributed by atoms with E-state index < -0.39 is 0 Å². The maximum absolute atomic E-state index is 6.40. The van der Waals surface area contributed by atoms with Gasteiger partial charge in [0.15, 0.2) is 0 Å². The van der Waals surface area contributed by atoms with Gasteiger partial charge in [-0.15, -0.1) is 0 Å². The minimum absolute atomic E-state index is 0.0478. The van der Waals surface area contributed by atoms with Crippen molar-refractivity contribution < 1.29 is 0 Å². The maximum atomic E-state index is 6.40. The number of hydrogen-bond acceptors (Lipinski definition) is 1. The first-order valence-electron chi connectivity index (χ1n) is 0.978. The number of rotatable bonds is 1. The molecular formula is CH4ClN2P. The third-order valence-corrected chi connectivity index (χ3v) is 0.916. The van der Waals surface area contributed by atoms with Crippen molar-refractivity contribution in [3.63, 3.8) is 0 Å². The Morgan fingerprint density at radius 3 is 2.20 bits per heavy atom. The summed E-state index contributed by atoms with van der Waals surface area (Å²) in [6.07, 6.45) is 0. The van der Waals surface area contributed by atoms with E-state index >= 15 is 0 Å². The molecule has 5 heavy (non-hydrogen) atoms. The molecule has 0 radical (unpaired) electrons. The Balaban J connectivity index is 2.85. The molecule has 0 aromatic rings. The number of amidine groups is 1. The Bertz CT molecular complexity index is 44.9. The second-order valence-corrected chi connectivity index (χ2v) is 1.80. The normalized spacial score (nSPS) is 9.80. The molecule has 0 aliphatic carbocycles. The van der Waals surface area contributed by atoms with Crippen LogP contribution in [-0.4, -0.2) is 5.58 Å². The van der Waals surface area contributed by atoms with Gasteiger partial charge in [-0.05, 0) is 0 Å². The van der Waals surface area contributed by atoms with Gasteiger partial charge in [-0.1, -0.05) is 11.2 Å². The zero-order valence-corrected chi connectivity index (χ0v) is 4.21. The smallest absolute Gasteiger partial charge is 0.127 e. The van der Waals surface area contributed by atoms with Crippen molar-refractivity contribution in [1.29, 1.82) is 5.41 Å². The van der Waals surface area contributed by atoms with Crippen molar-refractivity contribution in [1.82, 2.24) is 0 Å². The molecule has 0 spiro atoms. The number of nitrogens with two attached hydrogens (primary N) is 1. The summed E-state index contributed by atoms with van der Waals surface area (Å²) in [5.41, 5.74) is 4.80. The molecule has 0 bridgehead atoms. The van der Waals surface area contributed by atoms with Gasteiger partial charge in [0.2, 0.25) is 0 Å². The van der Waals surface area contributed by atoms with Gasteiger partial charge in [-0.2, -0.15) is 0 Å². The Labute approximate surface area is 36.8 Å². The fourth-order valence-corrected chi connectivity index (χ4v) is 0. The van der Waals surface area contributed by atoms with E-state index in [0.29, 0.717) is 0 Å². The zero-order chi connectivity index (χ0) is 4.28. The van der Waals surface area contributed by atoms with Crippen molar-refractivity contribution in [3.05, 3.63) is 0 Å². The highest BCUT2D eigenvalue weighted by Gasteiger charge is 1.73. The highest BCUT2D eigenvalue weighted by molar-refractivity contribution is 7.82. The van der Waals surface area contributed by atoms with E-state index in [4.69, 9.17) is 22.4 Å². The van der Waals surface area contributed by atoms with E-state index in [2.05, 4.69) is 0 Å². The van der Waals surface area contributed by atoms with Gasteiger partial charge in [0.05, 0.1) is 0 Å². The number of halogens is 1. The summed E-state index contributed by atoms with van der Waals surface area (Å²) < 4.78 is 0. The van der Waals surface area contributed by atoms with Gasteiger partial charge >= 0.3 is 0 Å². The lowest BCUT2D eigenvalue weighted by Gasteiger charge is -1.76. The van der Waals surface area contributed by atoms with Gasteiger partial charge < -0.3 is 5.73 Å². The third-order valence-electron chi connectivity index (χ3n) is 0.102. The summed E-state index contributed by atoms with van der Waals surface area (Å²) in [6, 6.07) is 0. The van der Waals surface area contributed by atoms with Crippen LogP contribution in [0.4, 0.5) is 0 Å². The van der Waals surface area contributed by atoms with Crippen LogP contribution in [0.15, 0.2) is 0 Å². The quantitative estimate of drug-likeness (QED) is 0.292. The fourth-order valence-electron chi connectivity index (χ4n) is 0. The number of nitrogens with one attached hydrogen (secondary N) is 1. The summed E-state index contributed by atoms with van der Waals surface area (Å²) in [7, 11) is -0.0525. The Morgan fingerprint density at radius 1 is 2.00 bits per heavy atom. The van der Waals surface area contributed by atoms with E-state index in [9.17, 15) is 0 Å². The van der Waals surface area contributed by atoms with E-state index in [-0.39, 0.29) is 13.5 Å². The molecule has 0 saturated carbocycles. The van der Waals surface area contributed by atoms with Crippen molar-refractivity contribution in [2.75, 3.05) is 0 Å². The molecule has 1 unspecified atom stereocenters. The fraction of sp³-hybridized carbons (Fsp3) is 0. The van der Waals surface area contributed by atoms with E-state index in [1.807, 2.05) is 0 Å². The Morgan fingerprint density at radius 2 is 2.20 bits per heavy atom. The molecule has 0 rings (SSSR count). The first kappa shape index (κ1) is 5.19. The lowest BCUT2D eigenvalue weighted by Crippen LogP contribution is -1.97. The van der Waals surface area contributed by atoms with Crippen LogP contribution < -0.4 is 5.73 Å². The molecule has 0 aromatic carbocycles. The van der Waals surface area contributed by atoms with Crippen LogP contribution in [0.25, 0.3) is 0 Å². The van der Waals surface area contributed by atoms with E-state index in [1.165, 1.54) is 0 Å². The molecule has 30 valence electrons. The van der Waals surface area contributed by atoms with Crippen LogP contribution in [0.2, 0.25) is 0 Å². The zero-order valence-electron chi connectivity index (χ0n) is 2.46. The summed E-state index contributed by atoms with van der Waals surface area (Å²) >= 11 is 5.01. The van der Waals surface area contributed by atoms with Crippen LogP contribution in [0.3, 0.4) is 0 Å². The first-order chi connectivity index (χ1) is 2.27. The molecule has 0 heterocycles. The van der Waals surface area contributed by atoms with Crippen LogP contribution >= 0.6 is 19.2 Å². The van der Waals surface area contributed by atoms with Crippen molar-refractivity contribution in [3.8, 4) is 0 Å². The van der Waals surface area contributed by atoms with E-state index in [0.717, 1.165) is 0 Å². The first-order valence-corrected chi connectivity index (χ1v) is 2.99. The molecule has 0 aliphatic heterocycles. The predicted molar refractivity (Wildman–Crippen MR) is 26.1 cm³/mol. The van der Waals surface area contributed by atoms with Crippen LogP contribution in [0, 0.1) is 5.41 Å². The van der Waals surface area contributed by atoms with Crippen LogP contribution in [0.1, 0.15) is 0 Å². The summed E-state index contributed by atoms with van der Waals surface area (Å²) in [6.45, 7) is 0. The highest BCUT2D eigenvalue weighted by atomic mass is 35.7. The molecule has 0 saturated heterocycles. The molecule has 4 heteroatoms. The Hall–Kier alpha value is 0.190. The average Bonchev–Trinajstić information content (AvgIpc) is 1.38. The SMILES string of the molecule is N=C(N)PCl. The van der Waals surface area contributed by atoms with Crippen molar-refractivity contribution in [2.45, 2.75) is 0 Å². The second kappa shape index (κ2) is 2.43. The second-order valence-electron chi connectivity index (χ2n) is 0.508. The molecule has 3 N–H and O–H groups in total. The molecular weight excluding hydrogens is 106 g/mol. The highest BCUT2D eigenvalue weighted by Crippen LogP contribution is 2.11. The van der Waals surface area contributed by atoms with Gasteiger partial charge in [0, 0.05) is 7.93 Å². The average molecular weight is 110 g/mol. The topological polar surface area (TPSA) is 49.9 Å². The summed E-state index contributed by atoms with van der Waals surface area (Å²) in [5, 5.41) is 6.40. The molecule has 0 fully saturated rings. The van der Waals surface area contributed by atoms with Gasteiger partial charge in [-0.3, -0.25) is 5.41 Å². The van der Waals surface area contributed by atoms with Crippen LogP contribution in [-0.2, 0) is 0 Å². The van der Waals surface area contributed by atoms with Crippen molar-refractivity contribution in [2.24, 2.45) is 5.73 Å². The maximum Gasteiger partial charge on any atom is 0.127 e. The van der Waals surface area contributed by atoms with Gasteiger partial charge in [0.25, 0.3) is 0 Å². The molecule has 1 atom stereocenters. The minimum atomic E-state index is -0.0525. The molecule has 0 amide bonds. The summed E-state index contributed by atoms with van der Waals surface area (Å²) in [4.78, 5) is 0. The van der Waals surface area contributed by atoms with Gasteiger partial charge in [0.1, 0.15) is 5.58 Å². The third kappa shape index (κ3) is 4.19. The minimum Gasteiger partial charge on any atom is -0.383 e. The Kier molecular flexibility index (Phi) is 2.52. The number of hydrogen-bond donors (Lipinski definition) is 2. The van der Waals surface area contributed by atoms with Gasteiger partial charge in [-0.25, -0.2) is 0 Å². The lowest BCUT2D eigenvalue weighted by atomic mass is 11.4. The molecule has 0 aromatic heterocycles. The van der Waals surface area contributed by atoms with Crippen LogP contribution in [0.5, 0.6) is 0 Å². The lowest BCUT2D eigenvalue weighted by molar-refractivity contribution is 1.51. The monoisotopic (exact) mass is 110 g/mol. The van der Waals surface area contributed by atoms with E-state index in [1.54, 1.807) is 0 Å². The van der Waals surface area contributed by atoms with Crippen molar-refractivity contribution >= 4 is 24.8 Å². The largest absolute Gasteiger partial charge is 0.383 e. The predicted octanol–water partition coefficient (Wildman–Crippen LogP) is 0.712. The molecule has 0 aliphatic rings. The summed E-state index contributed by atoms with van der Waals surface area (Å²) in [5.74, 6) is 0.